The van der Waals surface area contributed by atoms with Gasteiger partial charge in [-0.05, 0) is 43.6 Å². The number of rotatable bonds is 6. The quantitative estimate of drug-likeness (QED) is 0.758. The lowest BCUT2D eigenvalue weighted by atomic mass is 10.0. The van der Waals surface area contributed by atoms with Crippen LogP contribution in [0.4, 0.5) is 14.5 Å². The summed E-state index contributed by atoms with van der Waals surface area (Å²) in [7, 11) is 0. The Morgan fingerprint density at radius 2 is 1.90 bits per heavy atom. The molecule has 0 amide bonds. The second-order valence-corrected chi connectivity index (χ2v) is 5.86. The zero-order valence-electron chi connectivity index (χ0n) is 12.2. The second-order valence-electron chi connectivity index (χ2n) is 5.45. The molecule has 0 radical (unpaired) electrons. The molecule has 0 saturated heterocycles. The molecular formula is C15H22F2N2S. The molecule has 0 fully saturated rings. The number of halogens is 2. The zero-order chi connectivity index (χ0) is 15.1. The van der Waals surface area contributed by atoms with Crippen LogP contribution in [0.2, 0.25) is 0 Å². The first-order chi connectivity index (χ1) is 9.38. The van der Waals surface area contributed by atoms with E-state index in [1.54, 1.807) is 0 Å². The van der Waals surface area contributed by atoms with Crippen molar-refractivity contribution in [2.45, 2.75) is 46.1 Å². The minimum atomic E-state index is -0.651. The molecule has 0 bridgehead atoms. The molecule has 0 spiro atoms. The van der Waals surface area contributed by atoms with Gasteiger partial charge in [-0.25, -0.2) is 8.78 Å². The number of benzene rings is 1. The van der Waals surface area contributed by atoms with E-state index in [9.17, 15) is 8.78 Å². The van der Waals surface area contributed by atoms with Gasteiger partial charge >= 0.3 is 0 Å². The molecule has 1 atom stereocenters. The Balaban J connectivity index is 2.39. The van der Waals surface area contributed by atoms with Gasteiger partial charge in [-0.3, -0.25) is 0 Å². The maximum Gasteiger partial charge on any atom is 0.171 e. The maximum absolute atomic E-state index is 13.4. The van der Waals surface area contributed by atoms with E-state index in [2.05, 4.69) is 24.5 Å². The van der Waals surface area contributed by atoms with Crippen LogP contribution in [-0.4, -0.2) is 11.2 Å². The van der Waals surface area contributed by atoms with Crippen LogP contribution in [0.5, 0.6) is 0 Å². The monoisotopic (exact) mass is 300 g/mol. The third kappa shape index (κ3) is 6.28. The molecule has 0 saturated carbocycles. The molecule has 112 valence electrons. The number of thiocarbonyl (C=S) groups is 1. The first-order valence-corrected chi connectivity index (χ1v) is 7.32. The van der Waals surface area contributed by atoms with Crippen molar-refractivity contribution < 1.29 is 8.78 Å². The molecule has 1 unspecified atom stereocenters. The molecule has 20 heavy (non-hydrogen) atoms. The molecule has 5 heteroatoms. The van der Waals surface area contributed by atoms with E-state index in [4.69, 9.17) is 12.2 Å². The smallest absolute Gasteiger partial charge is 0.171 e. The van der Waals surface area contributed by atoms with Crippen molar-refractivity contribution in [3.05, 3.63) is 29.8 Å². The molecule has 1 aromatic carbocycles. The summed E-state index contributed by atoms with van der Waals surface area (Å²) < 4.78 is 26.2. The summed E-state index contributed by atoms with van der Waals surface area (Å²) in [5, 5.41) is 6.20. The SMILES string of the molecule is CC(C)CCCC(C)NC(=S)Nc1ccc(F)cc1F. The highest BCUT2D eigenvalue weighted by molar-refractivity contribution is 7.80. The van der Waals surface area contributed by atoms with Crippen LogP contribution in [0.15, 0.2) is 18.2 Å². The third-order valence-electron chi connectivity index (χ3n) is 2.98. The van der Waals surface area contributed by atoms with Gasteiger partial charge in [-0.2, -0.15) is 0 Å². The predicted octanol–water partition coefficient (Wildman–Crippen LogP) is 4.47. The molecule has 0 aromatic heterocycles. The van der Waals surface area contributed by atoms with E-state index >= 15 is 0 Å². The molecule has 1 rings (SSSR count). The third-order valence-corrected chi connectivity index (χ3v) is 3.20. The van der Waals surface area contributed by atoms with Crippen molar-refractivity contribution in [1.82, 2.24) is 5.32 Å². The largest absolute Gasteiger partial charge is 0.360 e. The molecular weight excluding hydrogens is 278 g/mol. The summed E-state index contributed by atoms with van der Waals surface area (Å²) in [5.74, 6) is -0.559. The summed E-state index contributed by atoms with van der Waals surface area (Å²) in [6.07, 6.45) is 3.31. The average molecular weight is 300 g/mol. The van der Waals surface area contributed by atoms with Crippen molar-refractivity contribution in [3.8, 4) is 0 Å². The van der Waals surface area contributed by atoms with Crippen LogP contribution in [0.1, 0.15) is 40.0 Å². The van der Waals surface area contributed by atoms with E-state index in [0.29, 0.717) is 11.0 Å². The van der Waals surface area contributed by atoms with E-state index in [1.807, 2.05) is 6.92 Å². The van der Waals surface area contributed by atoms with E-state index in [-0.39, 0.29) is 11.7 Å². The van der Waals surface area contributed by atoms with Gasteiger partial charge in [0.2, 0.25) is 0 Å². The first-order valence-electron chi connectivity index (χ1n) is 6.91. The lowest BCUT2D eigenvalue weighted by Gasteiger charge is -2.17. The minimum absolute atomic E-state index is 0.179. The predicted molar refractivity (Wildman–Crippen MR) is 83.9 cm³/mol. The standard InChI is InChI=1S/C15H22F2N2S/c1-10(2)5-4-6-11(3)18-15(20)19-14-8-7-12(16)9-13(14)17/h7-11H,4-6H2,1-3H3,(H2,18,19,20). The van der Waals surface area contributed by atoms with Crippen molar-refractivity contribution in [2.24, 2.45) is 5.92 Å². The Morgan fingerprint density at radius 1 is 1.20 bits per heavy atom. The summed E-state index contributed by atoms with van der Waals surface area (Å²) >= 11 is 5.12. The molecule has 0 aliphatic rings. The van der Waals surface area contributed by atoms with Crippen molar-refractivity contribution in [2.75, 3.05) is 5.32 Å². The maximum atomic E-state index is 13.4. The van der Waals surface area contributed by atoms with Gasteiger partial charge in [-0.1, -0.05) is 26.7 Å². The normalized spacial score (nSPS) is 12.3. The summed E-state index contributed by atoms with van der Waals surface area (Å²) in [4.78, 5) is 0. The lowest BCUT2D eigenvalue weighted by molar-refractivity contribution is 0.495. The van der Waals surface area contributed by atoms with Gasteiger partial charge in [0.15, 0.2) is 5.11 Å². The Bertz CT molecular complexity index is 449. The Labute approximate surface area is 125 Å². The fraction of sp³-hybridized carbons (Fsp3) is 0.533. The van der Waals surface area contributed by atoms with Gasteiger partial charge in [0.1, 0.15) is 11.6 Å². The second kappa shape index (κ2) is 8.15. The Morgan fingerprint density at radius 3 is 2.50 bits per heavy atom. The number of hydrogen-bond donors (Lipinski definition) is 2. The highest BCUT2D eigenvalue weighted by Gasteiger charge is 2.08. The van der Waals surface area contributed by atoms with Crippen LogP contribution in [-0.2, 0) is 0 Å². The number of hydrogen-bond acceptors (Lipinski definition) is 1. The number of anilines is 1. The Kier molecular flexibility index (Phi) is 6.85. The Hall–Kier alpha value is -1.23. The topological polar surface area (TPSA) is 24.1 Å². The van der Waals surface area contributed by atoms with Gasteiger partial charge in [0, 0.05) is 12.1 Å². The molecule has 1 aromatic rings. The molecule has 0 aliphatic carbocycles. The van der Waals surface area contributed by atoms with E-state index in [0.717, 1.165) is 18.9 Å². The van der Waals surface area contributed by atoms with Crippen LogP contribution in [0, 0.1) is 17.6 Å². The summed E-state index contributed by atoms with van der Waals surface area (Å²) in [6.45, 7) is 6.43. The summed E-state index contributed by atoms with van der Waals surface area (Å²) in [6, 6.07) is 3.58. The zero-order valence-corrected chi connectivity index (χ0v) is 13.0. The van der Waals surface area contributed by atoms with Gasteiger partial charge < -0.3 is 10.6 Å². The highest BCUT2D eigenvalue weighted by atomic mass is 32.1. The average Bonchev–Trinajstić information content (AvgIpc) is 2.32. The van der Waals surface area contributed by atoms with Gasteiger partial charge in [0.05, 0.1) is 5.69 Å². The van der Waals surface area contributed by atoms with Gasteiger partial charge in [-0.15, -0.1) is 0 Å². The van der Waals surface area contributed by atoms with Crippen molar-refractivity contribution in [3.63, 3.8) is 0 Å². The fourth-order valence-corrected chi connectivity index (χ4v) is 2.19. The summed E-state index contributed by atoms with van der Waals surface area (Å²) in [5.41, 5.74) is 0.179. The lowest BCUT2D eigenvalue weighted by Crippen LogP contribution is -2.36. The molecule has 0 heterocycles. The highest BCUT2D eigenvalue weighted by Crippen LogP contribution is 2.15. The van der Waals surface area contributed by atoms with E-state index in [1.165, 1.54) is 18.6 Å². The minimum Gasteiger partial charge on any atom is -0.360 e. The fourth-order valence-electron chi connectivity index (χ4n) is 1.88. The molecule has 0 aliphatic heterocycles. The van der Waals surface area contributed by atoms with Crippen molar-refractivity contribution in [1.29, 1.82) is 0 Å². The van der Waals surface area contributed by atoms with Crippen LogP contribution >= 0.6 is 12.2 Å². The van der Waals surface area contributed by atoms with Crippen LogP contribution in [0.3, 0.4) is 0 Å². The van der Waals surface area contributed by atoms with Crippen LogP contribution < -0.4 is 10.6 Å². The van der Waals surface area contributed by atoms with Gasteiger partial charge in [0.25, 0.3) is 0 Å². The molecule has 2 N–H and O–H groups in total. The van der Waals surface area contributed by atoms with Crippen molar-refractivity contribution >= 4 is 23.0 Å². The first kappa shape index (κ1) is 16.8. The van der Waals surface area contributed by atoms with Crippen LogP contribution in [0.25, 0.3) is 0 Å². The van der Waals surface area contributed by atoms with E-state index < -0.39 is 11.6 Å². The molecule has 2 nitrogen and oxygen atoms in total. The number of nitrogens with one attached hydrogen (secondary N) is 2.